The van der Waals surface area contributed by atoms with E-state index in [0.717, 1.165) is 25.2 Å². The van der Waals surface area contributed by atoms with E-state index in [4.69, 9.17) is 0 Å². The summed E-state index contributed by atoms with van der Waals surface area (Å²) in [6.07, 6.45) is 3.06. The maximum absolute atomic E-state index is 12.2. The normalized spacial score (nSPS) is 16.9. The summed E-state index contributed by atoms with van der Waals surface area (Å²) in [5.74, 6) is 0.188. The third-order valence-electron chi connectivity index (χ3n) is 3.90. The van der Waals surface area contributed by atoms with Crippen LogP contribution in [-0.2, 0) is 16.4 Å². The van der Waals surface area contributed by atoms with Crippen molar-refractivity contribution in [2.45, 2.75) is 19.3 Å². The van der Waals surface area contributed by atoms with E-state index in [1.54, 1.807) is 7.05 Å². The van der Waals surface area contributed by atoms with Gasteiger partial charge in [-0.05, 0) is 37.9 Å². The van der Waals surface area contributed by atoms with Gasteiger partial charge >= 0.3 is 0 Å². The van der Waals surface area contributed by atoms with Crippen molar-refractivity contribution in [2.75, 3.05) is 39.0 Å². The molecule has 0 aromatic heterocycles. The number of benzene rings is 1. The Bertz CT molecular complexity index is 496. The standard InChI is InChI=1S/C15H24N2O2S/c1-16(12-13-17-10-5-6-11-17)20(18,19)14-9-15-7-3-2-4-8-15/h2-4,7-8H,5-6,9-14H2,1H3. The fourth-order valence-corrected chi connectivity index (χ4v) is 3.64. The van der Waals surface area contributed by atoms with Crippen LogP contribution in [0.1, 0.15) is 18.4 Å². The van der Waals surface area contributed by atoms with Crippen LogP contribution in [0.15, 0.2) is 30.3 Å². The van der Waals surface area contributed by atoms with Crippen molar-refractivity contribution in [3.05, 3.63) is 35.9 Å². The smallest absolute Gasteiger partial charge is 0.214 e. The molecule has 0 amide bonds. The quantitative estimate of drug-likeness (QED) is 0.767. The fourth-order valence-electron chi connectivity index (χ4n) is 2.47. The molecule has 20 heavy (non-hydrogen) atoms. The molecule has 0 radical (unpaired) electrons. The summed E-state index contributed by atoms with van der Waals surface area (Å²) in [6.45, 7) is 3.66. The second-order valence-corrected chi connectivity index (χ2v) is 7.62. The van der Waals surface area contributed by atoms with E-state index < -0.39 is 10.0 Å². The van der Waals surface area contributed by atoms with Crippen LogP contribution < -0.4 is 0 Å². The molecular weight excluding hydrogens is 272 g/mol. The molecule has 0 spiro atoms. The van der Waals surface area contributed by atoms with Crippen molar-refractivity contribution in [1.82, 2.24) is 9.21 Å². The minimum absolute atomic E-state index is 0.188. The van der Waals surface area contributed by atoms with Gasteiger partial charge in [-0.25, -0.2) is 12.7 Å². The lowest BCUT2D eigenvalue weighted by atomic mass is 10.2. The molecule has 0 aliphatic carbocycles. The molecule has 1 saturated heterocycles. The van der Waals surface area contributed by atoms with Crippen LogP contribution in [0.5, 0.6) is 0 Å². The summed E-state index contributed by atoms with van der Waals surface area (Å²) in [6, 6.07) is 9.78. The van der Waals surface area contributed by atoms with Gasteiger partial charge in [0.05, 0.1) is 5.75 Å². The van der Waals surface area contributed by atoms with Crippen LogP contribution in [0.25, 0.3) is 0 Å². The SMILES string of the molecule is CN(CCN1CCCC1)S(=O)(=O)CCc1ccccc1. The van der Waals surface area contributed by atoms with Gasteiger partial charge in [-0.2, -0.15) is 0 Å². The zero-order valence-electron chi connectivity index (χ0n) is 12.2. The van der Waals surface area contributed by atoms with Gasteiger partial charge in [0.2, 0.25) is 10.0 Å². The highest BCUT2D eigenvalue weighted by Crippen LogP contribution is 2.09. The molecule has 1 aromatic rings. The molecule has 0 saturated carbocycles. The van der Waals surface area contributed by atoms with Crippen LogP contribution >= 0.6 is 0 Å². The molecule has 1 heterocycles. The molecule has 0 atom stereocenters. The van der Waals surface area contributed by atoms with Crippen molar-refractivity contribution >= 4 is 10.0 Å². The van der Waals surface area contributed by atoms with Crippen molar-refractivity contribution in [2.24, 2.45) is 0 Å². The molecule has 0 bridgehead atoms. The second kappa shape index (κ2) is 7.20. The number of rotatable bonds is 7. The molecule has 112 valence electrons. The number of likely N-dealkylation sites (tertiary alicyclic amines) is 1. The van der Waals surface area contributed by atoms with Crippen LogP contribution in [0, 0.1) is 0 Å². The van der Waals surface area contributed by atoms with E-state index in [-0.39, 0.29) is 5.75 Å². The Balaban J connectivity index is 1.79. The Kier molecular flexibility index (Phi) is 5.57. The highest BCUT2D eigenvalue weighted by molar-refractivity contribution is 7.89. The third-order valence-corrected chi connectivity index (χ3v) is 5.75. The zero-order valence-corrected chi connectivity index (χ0v) is 13.0. The average molecular weight is 296 g/mol. The lowest BCUT2D eigenvalue weighted by Gasteiger charge is -2.21. The highest BCUT2D eigenvalue weighted by Gasteiger charge is 2.19. The van der Waals surface area contributed by atoms with E-state index in [2.05, 4.69) is 4.90 Å². The van der Waals surface area contributed by atoms with E-state index in [1.165, 1.54) is 17.1 Å². The van der Waals surface area contributed by atoms with Crippen molar-refractivity contribution in [3.8, 4) is 0 Å². The Hall–Kier alpha value is -0.910. The van der Waals surface area contributed by atoms with E-state index in [0.29, 0.717) is 13.0 Å². The predicted octanol–water partition coefficient (Wildman–Crippen LogP) is 1.59. The van der Waals surface area contributed by atoms with Crippen LogP contribution in [-0.4, -0.2) is 56.6 Å². The Morgan fingerprint density at radius 2 is 1.80 bits per heavy atom. The molecule has 0 N–H and O–H groups in total. The highest BCUT2D eigenvalue weighted by atomic mass is 32.2. The summed E-state index contributed by atoms with van der Waals surface area (Å²) in [7, 11) is -1.45. The fraction of sp³-hybridized carbons (Fsp3) is 0.600. The van der Waals surface area contributed by atoms with Crippen LogP contribution in [0.3, 0.4) is 0 Å². The molecule has 1 aliphatic heterocycles. The van der Waals surface area contributed by atoms with Gasteiger partial charge in [-0.3, -0.25) is 0 Å². The van der Waals surface area contributed by atoms with Gasteiger partial charge in [-0.1, -0.05) is 30.3 Å². The van der Waals surface area contributed by atoms with Crippen LogP contribution in [0.4, 0.5) is 0 Å². The van der Waals surface area contributed by atoms with Gasteiger partial charge < -0.3 is 4.90 Å². The summed E-state index contributed by atoms with van der Waals surface area (Å²) in [5.41, 5.74) is 1.07. The number of hydrogen-bond acceptors (Lipinski definition) is 3. The number of aryl methyl sites for hydroxylation is 1. The summed E-state index contributed by atoms with van der Waals surface area (Å²) in [5, 5.41) is 0. The molecule has 0 unspecified atom stereocenters. The van der Waals surface area contributed by atoms with E-state index >= 15 is 0 Å². The number of sulfonamides is 1. The van der Waals surface area contributed by atoms with Gasteiger partial charge in [-0.15, -0.1) is 0 Å². The zero-order chi connectivity index (χ0) is 14.4. The number of nitrogens with zero attached hydrogens (tertiary/aromatic N) is 2. The lowest BCUT2D eigenvalue weighted by molar-refractivity contribution is 0.310. The van der Waals surface area contributed by atoms with Crippen molar-refractivity contribution < 1.29 is 8.42 Å². The summed E-state index contributed by atoms with van der Waals surface area (Å²) < 4.78 is 25.9. The van der Waals surface area contributed by atoms with Crippen molar-refractivity contribution in [1.29, 1.82) is 0 Å². The number of likely N-dealkylation sites (N-methyl/N-ethyl adjacent to an activating group) is 1. The predicted molar refractivity (Wildman–Crippen MR) is 82.2 cm³/mol. The Morgan fingerprint density at radius 3 is 2.45 bits per heavy atom. The van der Waals surface area contributed by atoms with Gasteiger partial charge in [0.15, 0.2) is 0 Å². The first-order chi connectivity index (χ1) is 9.58. The first kappa shape index (κ1) is 15.5. The maximum Gasteiger partial charge on any atom is 0.214 e. The van der Waals surface area contributed by atoms with Gasteiger partial charge in [0.25, 0.3) is 0 Å². The maximum atomic E-state index is 12.2. The Morgan fingerprint density at radius 1 is 1.15 bits per heavy atom. The van der Waals surface area contributed by atoms with Gasteiger partial charge in [0, 0.05) is 20.1 Å². The monoisotopic (exact) mass is 296 g/mol. The second-order valence-electron chi connectivity index (χ2n) is 5.42. The summed E-state index contributed by atoms with van der Waals surface area (Å²) >= 11 is 0. The van der Waals surface area contributed by atoms with Gasteiger partial charge in [0.1, 0.15) is 0 Å². The minimum atomic E-state index is -3.14. The average Bonchev–Trinajstić information content (AvgIpc) is 2.97. The largest absolute Gasteiger partial charge is 0.302 e. The molecule has 5 heteroatoms. The van der Waals surface area contributed by atoms with E-state index in [1.807, 2.05) is 30.3 Å². The molecule has 1 aliphatic rings. The third kappa shape index (κ3) is 4.58. The minimum Gasteiger partial charge on any atom is -0.302 e. The molecule has 1 fully saturated rings. The molecule has 4 nitrogen and oxygen atoms in total. The van der Waals surface area contributed by atoms with E-state index in [9.17, 15) is 8.42 Å². The molecule has 1 aromatic carbocycles. The first-order valence-electron chi connectivity index (χ1n) is 7.28. The lowest BCUT2D eigenvalue weighted by Crippen LogP contribution is -2.36. The van der Waals surface area contributed by atoms with Crippen molar-refractivity contribution in [3.63, 3.8) is 0 Å². The molecular formula is C15H24N2O2S. The first-order valence-corrected chi connectivity index (χ1v) is 8.89. The Labute approximate surface area is 122 Å². The molecule has 2 rings (SSSR count). The topological polar surface area (TPSA) is 40.6 Å². The summed E-state index contributed by atoms with van der Waals surface area (Å²) in [4.78, 5) is 2.34. The number of hydrogen-bond donors (Lipinski definition) is 0. The van der Waals surface area contributed by atoms with Crippen LogP contribution in [0.2, 0.25) is 0 Å².